The monoisotopic (exact) mass is 350 g/mol. The van der Waals surface area contributed by atoms with E-state index in [0.29, 0.717) is 18.9 Å². The Morgan fingerprint density at radius 3 is 2.52 bits per heavy atom. The molecule has 2 aromatic rings. The highest BCUT2D eigenvalue weighted by molar-refractivity contribution is 9.10. The van der Waals surface area contributed by atoms with Gasteiger partial charge in [-0.1, -0.05) is 28.1 Å². The zero-order chi connectivity index (χ0) is 15.2. The van der Waals surface area contributed by atoms with Crippen molar-refractivity contribution in [3.63, 3.8) is 0 Å². The number of pyridine rings is 1. The van der Waals surface area contributed by atoms with Crippen LogP contribution in [-0.4, -0.2) is 16.5 Å². The van der Waals surface area contributed by atoms with Crippen LogP contribution < -0.4 is 10.6 Å². The molecule has 2 N–H and O–H groups in total. The second kappa shape index (κ2) is 7.03. The van der Waals surface area contributed by atoms with Crippen molar-refractivity contribution >= 4 is 33.3 Å². The molecule has 0 bridgehead atoms. The Morgan fingerprint density at radius 2 is 1.90 bits per heavy atom. The molecule has 110 valence electrons. The lowest BCUT2D eigenvalue weighted by atomic mass is 10.2. The molecule has 0 saturated heterocycles. The van der Waals surface area contributed by atoms with E-state index in [1.165, 1.54) is 6.07 Å². The van der Waals surface area contributed by atoms with Crippen LogP contribution in [0.4, 0.5) is 17.3 Å². The Bertz CT molecular complexity index is 631. The summed E-state index contributed by atoms with van der Waals surface area (Å²) < 4.78 is 0.990. The fourth-order valence-corrected chi connectivity index (χ4v) is 2.06. The van der Waals surface area contributed by atoms with E-state index in [1.807, 2.05) is 31.2 Å². The van der Waals surface area contributed by atoms with Crippen LogP contribution in [0.2, 0.25) is 0 Å². The summed E-state index contributed by atoms with van der Waals surface area (Å²) in [4.78, 5) is 14.9. The summed E-state index contributed by atoms with van der Waals surface area (Å²) in [5.41, 5.74) is 0.983. The summed E-state index contributed by atoms with van der Waals surface area (Å²) in [5, 5.41) is 17.1. The molecule has 7 heteroatoms. The fraction of sp³-hybridized carbons (Fsp3) is 0.214. The predicted octanol–water partition coefficient (Wildman–Crippen LogP) is 3.80. The van der Waals surface area contributed by atoms with Gasteiger partial charge in [-0.2, -0.15) is 0 Å². The maximum absolute atomic E-state index is 11.0. The van der Waals surface area contributed by atoms with Crippen LogP contribution in [0, 0.1) is 10.1 Å². The number of rotatable bonds is 6. The molecule has 1 aromatic carbocycles. The first kappa shape index (κ1) is 15.2. The molecule has 1 aromatic heterocycles. The number of anilines is 2. The van der Waals surface area contributed by atoms with Crippen LogP contribution in [-0.2, 0) is 6.54 Å². The summed E-state index contributed by atoms with van der Waals surface area (Å²) in [6.45, 7) is 3.12. The van der Waals surface area contributed by atoms with Crippen molar-refractivity contribution in [2.75, 3.05) is 17.2 Å². The maximum atomic E-state index is 11.0. The average Bonchev–Trinajstić information content (AvgIpc) is 2.47. The summed E-state index contributed by atoms with van der Waals surface area (Å²) >= 11 is 3.37. The summed E-state index contributed by atoms with van der Waals surface area (Å²) in [6, 6.07) is 10.8. The Labute approximate surface area is 130 Å². The highest BCUT2D eigenvalue weighted by Crippen LogP contribution is 2.24. The van der Waals surface area contributed by atoms with Crippen molar-refractivity contribution < 1.29 is 4.92 Å². The summed E-state index contributed by atoms with van der Waals surface area (Å²) in [5.74, 6) is 0.878. The van der Waals surface area contributed by atoms with E-state index < -0.39 is 4.92 Å². The molecule has 21 heavy (non-hydrogen) atoms. The third-order valence-electron chi connectivity index (χ3n) is 2.80. The number of aromatic nitrogens is 1. The van der Waals surface area contributed by atoms with Gasteiger partial charge in [0.1, 0.15) is 5.82 Å². The molecule has 0 radical (unpaired) electrons. The minimum Gasteiger partial charge on any atom is -0.370 e. The molecular weight excluding hydrogens is 336 g/mol. The van der Waals surface area contributed by atoms with Gasteiger partial charge in [-0.15, -0.1) is 0 Å². The molecule has 0 spiro atoms. The molecule has 0 unspecified atom stereocenters. The van der Waals surface area contributed by atoms with Crippen LogP contribution in [0.15, 0.2) is 40.9 Å². The minimum absolute atomic E-state index is 0.0336. The third kappa shape index (κ3) is 4.16. The SMILES string of the molecule is CCNc1ccc([N+](=O)[O-])c(NCc2ccc(Br)cc2)n1. The Kier molecular flexibility index (Phi) is 5.10. The van der Waals surface area contributed by atoms with Gasteiger partial charge in [0.15, 0.2) is 0 Å². The molecule has 0 aliphatic carbocycles. The fourth-order valence-electron chi connectivity index (χ4n) is 1.80. The van der Waals surface area contributed by atoms with Gasteiger partial charge in [-0.25, -0.2) is 4.98 Å². The zero-order valence-electron chi connectivity index (χ0n) is 11.5. The number of hydrogen-bond acceptors (Lipinski definition) is 5. The number of nitrogens with one attached hydrogen (secondary N) is 2. The molecule has 2 rings (SSSR count). The van der Waals surface area contributed by atoms with E-state index in [2.05, 4.69) is 31.5 Å². The quantitative estimate of drug-likeness (QED) is 0.611. The molecule has 0 amide bonds. The van der Waals surface area contributed by atoms with Crippen molar-refractivity contribution in [3.8, 4) is 0 Å². The molecular formula is C14H15BrN4O2. The smallest absolute Gasteiger partial charge is 0.311 e. The van der Waals surface area contributed by atoms with Crippen LogP contribution in [0.5, 0.6) is 0 Å². The van der Waals surface area contributed by atoms with Gasteiger partial charge >= 0.3 is 5.69 Å². The molecule has 0 aliphatic rings. The highest BCUT2D eigenvalue weighted by atomic mass is 79.9. The average molecular weight is 351 g/mol. The van der Waals surface area contributed by atoms with Crippen molar-refractivity contribution in [3.05, 3.63) is 56.5 Å². The zero-order valence-corrected chi connectivity index (χ0v) is 13.1. The largest absolute Gasteiger partial charge is 0.370 e. The normalized spacial score (nSPS) is 10.2. The Balaban J connectivity index is 2.18. The van der Waals surface area contributed by atoms with Crippen molar-refractivity contribution in [2.24, 2.45) is 0 Å². The van der Waals surface area contributed by atoms with Crippen LogP contribution >= 0.6 is 15.9 Å². The standard InChI is InChI=1S/C14H15BrN4O2/c1-2-16-13-8-7-12(19(20)21)14(18-13)17-9-10-3-5-11(15)6-4-10/h3-8H,2,9H2,1H3,(H2,16,17,18). The van der Waals surface area contributed by atoms with E-state index in [-0.39, 0.29) is 11.5 Å². The topological polar surface area (TPSA) is 80.1 Å². The maximum Gasteiger partial charge on any atom is 0.311 e. The van der Waals surface area contributed by atoms with E-state index in [1.54, 1.807) is 6.07 Å². The second-order valence-electron chi connectivity index (χ2n) is 4.33. The van der Waals surface area contributed by atoms with Crippen LogP contribution in [0.3, 0.4) is 0 Å². The first-order valence-corrected chi connectivity index (χ1v) is 7.27. The van der Waals surface area contributed by atoms with E-state index >= 15 is 0 Å². The summed E-state index contributed by atoms with van der Waals surface area (Å²) in [7, 11) is 0. The number of hydrogen-bond donors (Lipinski definition) is 2. The van der Waals surface area contributed by atoms with E-state index in [9.17, 15) is 10.1 Å². The number of halogens is 1. The molecule has 0 saturated carbocycles. The van der Waals surface area contributed by atoms with Crippen molar-refractivity contribution in [1.82, 2.24) is 4.98 Å². The first-order valence-electron chi connectivity index (χ1n) is 6.47. The Morgan fingerprint density at radius 1 is 1.19 bits per heavy atom. The summed E-state index contributed by atoms with van der Waals surface area (Å²) in [6.07, 6.45) is 0. The van der Waals surface area contributed by atoms with E-state index in [4.69, 9.17) is 0 Å². The minimum atomic E-state index is -0.438. The number of nitrogens with zero attached hydrogens (tertiary/aromatic N) is 2. The van der Waals surface area contributed by atoms with Gasteiger partial charge in [0.2, 0.25) is 5.82 Å². The lowest BCUT2D eigenvalue weighted by molar-refractivity contribution is -0.384. The third-order valence-corrected chi connectivity index (χ3v) is 3.33. The molecule has 0 atom stereocenters. The van der Waals surface area contributed by atoms with Crippen LogP contribution in [0.25, 0.3) is 0 Å². The predicted molar refractivity (Wildman–Crippen MR) is 86.5 cm³/mol. The van der Waals surface area contributed by atoms with Gasteiger partial charge < -0.3 is 10.6 Å². The molecule has 0 aliphatic heterocycles. The second-order valence-corrected chi connectivity index (χ2v) is 5.25. The lowest BCUT2D eigenvalue weighted by Crippen LogP contribution is -2.07. The van der Waals surface area contributed by atoms with Gasteiger partial charge in [-0.3, -0.25) is 10.1 Å². The van der Waals surface area contributed by atoms with Gasteiger partial charge in [0.05, 0.1) is 4.92 Å². The molecule has 1 heterocycles. The van der Waals surface area contributed by atoms with E-state index in [0.717, 1.165) is 10.0 Å². The Hall–Kier alpha value is -2.15. The van der Waals surface area contributed by atoms with Crippen molar-refractivity contribution in [2.45, 2.75) is 13.5 Å². The van der Waals surface area contributed by atoms with Gasteiger partial charge in [0.25, 0.3) is 0 Å². The lowest BCUT2D eigenvalue weighted by Gasteiger charge is -2.09. The molecule has 0 fully saturated rings. The highest BCUT2D eigenvalue weighted by Gasteiger charge is 2.15. The van der Waals surface area contributed by atoms with Gasteiger partial charge in [0, 0.05) is 23.6 Å². The number of nitro groups is 1. The first-order chi connectivity index (χ1) is 10.1. The van der Waals surface area contributed by atoms with Crippen molar-refractivity contribution in [1.29, 1.82) is 0 Å². The van der Waals surface area contributed by atoms with Crippen LogP contribution in [0.1, 0.15) is 12.5 Å². The van der Waals surface area contributed by atoms with Gasteiger partial charge in [-0.05, 0) is 30.7 Å². The number of benzene rings is 1. The molecule has 6 nitrogen and oxygen atoms in total.